The van der Waals surface area contributed by atoms with Crippen molar-refractivity contribution in [2.45, 2.75) is 32.6 Å². The van der Waals surface area contributed by atoms with Crippen molar-refractivity contribution in [1.29, 1.82) is 0 Å². The number of thiophene rings is 1. The number of rotatable bonds is 4. The zero-order valence-electron chi connectivity index (χ0n) is 17.7. The maximum Gasteiger partial charge on any atom is 0.341 e. The third-order valence-electron chi connectivity index (χ3n) is 5.58. The Kier molecular flexibility index (Phi) is 5.97. The standard InChI is InChI=1S/C22H24N4O3S2/c1-13-18(20(27)26(25(13)2)14-9-5-4-6-10-14)23-22(30)24-19-17(21(28)29-3)15-11-7-8-12-16(15)31-19/h4-6,9-10H,7-8,11-12H2,1-3H3,(H2,23,24,30). The van der Waals surface area contributed by atoms with Crippen molar-refractivity contribution in [1.82, 2.24) is 9.36 Å². The summed E-state index contributed by atoms with van der Waals surface area (Å²) >= 11 is 7.03. The van der Waals surface area contributed by atoms with E-state index >= 15 is 0 Å². The minimum absolute atomic E-state index is 0.200. The summed E-state index contributed by atoms with van der Waals surface area (Å²) in [6.45, 7) is 1.86. The number of nitrogens with zero attached hydrogens (tertiary/aromatic N) is 2. The highest BCUT2D eigenvalue weighted by Crippen LogP contribution is 2.38. The third-order valence-corrected chi connectivity index (χ3v) is 6.99. The van der Waals surface area contributed by atoms with E-state index in [0.29, 0.717) is 16.3 Å². The van der Waals surface area contributed by atoms with Gasteiger partial charge >= 0.3 is 5.97 Å². The molecule has 2 heterocycles. The van der Waals surface area contributed by atoms with Gasteiger partial charge in [-0.2, -0.15) is 0 Å². The maximum absolute atomic E-state index is 13.1. The van der Waals surface area contributed by atoms with Gasteiger partial charge in [-0.25, -0.2) is 9.48 Å². The summed E-state index contributed by atoms with van der Waals surface area (Å²) in [5.74, 6) is -0.368. The lowest BCUT2D eigenvalue weighted by atomic mass is 9.95. The van der Waals surface area contributed by atoms with Gasteiger partial charge in [0.25, 0.3) is 5.56 Å². The maximum atomic E-state index is 13.1. The van der Waals surface area contributed by atoms with Gasteiger partial charge < -0.3 is 15.4 Å². The number of nitrogens with one attached hydrogen (secondary N) is 2. The van der Waals surface area contributed by atoms with Crippen LogP contribution in [-0.4, -0.2) is 27.6 Å². The summed E-state index contributed by atoms with van der Waals surface area (Å²) in [6.07, 6.45) is 3.97. The Hall–Kier alpha value is -2.91. The van der Waals surface area contributed by atoms with E-state index in [2.05, 4.69) is 10.6 Å². The van der Waals surface area contributed by atoms with Crippen LogP contribution >= 0.6 is 23.6 Å². The van der Waals surface area contributed by atoms with E-state index in [-0.39, 0.29) is 16.6 Å². The number of esters is 1. The van der Waals surface area contributed by atoms with Gasteiger partial charge in [-0.15, -0.1) is 11.3 Å². The predicted octanol–water partition coefficient (Wildman–Crippen LogP) is 4.02. The van der Waals surface area contributed by atoms with Gasteiger partial charge in [-0.05, 0) is 62.5 Å². The number of carbonyl (C=O) groups is 1. The summed E-state index contributed by atoms with van der Waals surface area (Å²) in [6, 6.07) is 9.43. The topological polar surface area (TPSA) is 77.3 Å². The van der Waals surface area contributed by atoms with Crippen molar-refractivity contribution in [3.05, 3.63) is 62.4 Å². The van der Waals surface area contributed by atoms with Crippen LogP contribution in [0.15, 0.2) is 35.1 Å². The van der Waals surface area contributed by atoms with E-state index in [1.54, 1.807) is 9.36 Å². The van der Waals surface area contributed by atoms with Gasteiger partial charge in [0, 0.05) is 11.9 Å². The van der Waals surface area contributed by atoms with Crippen molar-refractivity contribution >= 4 is 45.3 Å². The molecular formula is C22H24N4O3S2. The second-order valence-corrected chi connectivity index (χ2v) is 8.94. The van der Waals surface area contributed by atoms with Gasteiger partial charge in [0.05, 0.1) is 24.1 Å². The quantitative estimate of drug-likeness (QED) is 0.456. The molecule has 0 amide bonds. The molecule has 0 saturated heterocycles. The molecule has 162 valence electrons. The van der Waals surface area contributed by atoms with Crippen LogP contribution in [0.2, 0.25) is 0 Å². The average molecular weight is 457 g/mol. The number of hydrogen-bond donors (Lipinski definition) is 2. The monoisotopic (exact) mass is 456 g/mol. The molecular weight excluding hydrogens is 432 g/mol. The second kappa shape index (κ2) is 8.68. The number of aryl methyl sites for hydroxylation is 1. The lowest BCUT2D eigenvalue weighted by molar-refractivity contribution is 0.0601. The molecule has 1 aliphatic carbocycles. The predicted molar refractivity (Wildman–Crippen MR) is 128 cm³/mol. The lowest BCUT2D eigenvalue weighted by Gasteiger charge is -2.12. The number of aromatic nitrogens is 2. The Morgan fingerprint density at radius 1 is 1.16 bits per heavy atom. The zero-order valence-corrected chi connectivity index (χ0v) is 19.3. The molecule has 0 bridgehead atoms. The first kappa shape index (κ1) is 21.3. The van der Waals surface area contributed by atoms with Gasteiger partial charge in [0.1, 0.15) is 10.7 Å². The Labute approximate surface area is 189 Å². The molecule has 2 aromatic heterocycles. The number of hydrogen-bond acceptors (Lipinski definition) is 5. The Bertz CT molecular complexity index is 1210. The molecule has 4 rings (SSSR count). The van der Waals surface area contributed by atoms with Crippen LogP contribution in [0.1, 0.15) is 39.3 Å². The molecule has 0 spiro atoms. The molecule has 0 radical (unpaired) electrons. The van der Waals surface area contributed by atoms with Crippen LogP contribution in [0.5, 0.6) is 0 Å². The van der Waals surface area contributed by atoms with E-state index in [1.165, 1.54) is 23.3 Å². The molecule has 1 aliphatic rings. The molecule has 0 aliphatic heterocycles. The largest absolute Gasteiger partial charge is 0.465 e. The fraction of sp³-hybridized carbons (Fsp3) is 0.318. The van der Waals surface area contributed by atoms with Crippen molar-refractivity contribution in [3.8, 4) is 5.69 Å². The number of methoxy groups -OCH3 is 1. The number of thiocarbonyl (C=S) groups is 1. The van der Waals surface area contributed by atoms with Gasteiger partial charge in [-0.1, -0.05) is 18.2 Å². The summed E-state index contributed by atoms with van der Waals surface area (Å²) in [5.41, 5.74) is 3.31. The third kappa shape index (κ3) is 3.90. The van der Waals surface area contributed by atoms with Crippen molar-refractivity contribution in [3.63, 3.8) is 0 Å². The summed E-state index contributed by atoms with van der Waals surface area (Å²) in [7, 11) is 3.21. The second-order valence-electron chi connectivity index (χ2n) is 7.42. The molecule has 0 unspecified atom stereocenters. The summed E-state index contributed by atoms with van der Waals surface area (Å²) < 4.78 is 8.39. The molecule has 3 aromatic rings. The number of ether oxygens (including phenoxy) is 1. The number of benzene rings is 1. The normalized spacial score (nSPS) is 12.9. The highest BCUT2D eigenvalue weighted by Gasteiger charge is 2.27. The number of para-hydroxylation sites is 1. The minimum atomic E-state index is -0.368. The first-order valence-corrected chi connectivity index (χ1v) is 11.3. The zero-order chi connectivity index (χ0) is 22.1. The summed E-state index contributed by atoms with van der Waals surface area (Å²) in [5, 5.41) is 7.10. The molecule has 2 N–H and O–H groups in total. The first-order valence-electron chi connectivity index (χ1n) is 10.1. The van der Waals surface area contributed by atoms with Crippen LogP contribution in [-0.2, 0) is 24.6 Å². The molecule has 0 atom stereocenters. The van der Waals surface area contributed by atoms with Crippen molar-refractivity contribution < 1.29 is 9.53 Å². The Morgan fingerprint density at radius 2 is 1.87 bits per heavy atom. The van der Waals surface area contributed by atoms with E-state index in [1.807, 2.05) is 44.3 Å². The number of carbonyl (C=O) groups excluding carboxylic acids is 1. The van der Waals surface area contributed by atoms with Gasteiger partial charge in [0.2, 0.25) is 0 Å². The van der Waals surface area contributed by atoms with Crippen LogP contribution in [0.25, 0.3) is 5.69 Å². The number of anilines is 2. The lowest BCUT2D eigenvalue weighted by Crippen LogP contribution is -2.25. The highest BCUT2D eigenvalue weighted by atomic mass is 32.1. The van der Waals surface area contributed by atoms with E-state index in [0.717, 1.165) is 42.6 Å². The van der Waals surface area contributed by atoms with E-state index < -0.39 is 0 Å². The molecule has 1 aromatic carbocycles. The first-order chi connectivity index (χ1) is 14.9. The Morgan fingerprint density at radius 3 is 2.58 bits per heavy atom. The fourth-order valence-corrected chi connectivity index (χ4v) is 5.48. The molecule has 7 nitrogen and oxygen atoms in total. The molecule has 31 heavy (non-hydrogen) atoms. The molecule has 0 saturated carbocycles. The van der Waals surface area contributed by atoms with Gasteiger partial charge in [-0.3, -0.25) is 9.48 Å². The van der Waals surface area contributed by atoms with Gasteiger partial charge in [0.15, 0.2) is 5.11 Å². The molecule has 0 fully saturated rings. The van der Waals surface area contributed by atoms with E-state index in [4.69, 9.17) is 17.0 Å². The Balaban J connectivity index is 1.63. The van der Waals surface area contributed by atoms with Crippen molar-refractivity contribution in [2.75, 3.05) is 17.7 Å². The van der Waals surface area contributed by atoms with E-state index in [9.17, 15) is 9.59 Å². The summed E-state index contributed by atoms with van der Waals surface area (Å²) in [4.78, 5) is 26.7. The smallest absolute Gasteiger partial charge is 0.341 e. The van der Waals surface area contributed by atoms with Crippen LogP contribution in [0, 0.1) is 6.92 Å². The fourth-order valence-electron chi connectivity index (χ4n) is 3.93. The SMILES string of the molecule is COC(=O)c1c(NC(=S)Nc2c(C)n(C)n(-c3ccccc3)c2=O)sc2c1CCCC2. The van der Waals surface area contributed by atoms with Crippen LogP contribution in [0.4, 0.5) is 10.7 Å². The highest BCUT2D eigenvalue weighted by molar-refractivity contribution is 7.80. The van der Waals surface area contributed by atoms with Crippen LogP contribution in [0.3, 0.4) is 0 Å². The van der Waals surface area contributed by atoms with Crippen molar-refractivity contribution in [2.24, 2.45) is 7.05 Å². The van der Waals surface area contributed by atoms with Crippen LogP contribution < -0.4 is 16.2 Å². The average Bonchev–Trinajstić information content (AvgIpc) is 3.23. The number of fused-ring (bicyclic) bond motifs is 1. The molecule has 9 heteroatoms. The minimum Gasteiger partial charge on any atom is -0.465 e.